The Balaban J connectivity index is 1.87. The smallest absolute Gasteiger partial charge is 0.321 e. The van der Waals surface area contributed by atoms with Crippen LogP contribution in [0.25, 0.3) is 0 Å². The lowest BCUT2D eigenvalue weighted by Gasteiger charge is -2.36. The molecule has 2 N–H and O–H groups in total. The van der Waals surface area contributed by atoms with Gasteiger partial charge in [-0.3, -0.25) is 4.79 Å². The van der Waals surface area contributed by atoms with Crippen LogP contribution in [0.5, 0.6) is 5.75 Å². The minimum absolute atomic E-state index is 0.102. The van der Waals surface area contributed by atoms with Gasteiger partial charge in [-0.15, -0.1) is 0 Å². The number of urea groups is 1. The fraction of sp³-hybridized carbons (Fsp3) is 0.548. The number of halogens is 1. The minimum atomic E-state index is -0.453. The number of fused-ring (bicyclic) bond motifs is 1. The zero-order valence-corrected chi connectivity index (χ0v) is 25.1. The van der Waals surface area contributed by atoms with Crippen LogP contribution in [-0.4, -0.2) is 92.5 Å². The van der Waals surface area contributed by atoms with Crippen molar-refractivity contribution in [2.24, 2.45) is 5.92 Å². The van der Waals surface area contributed by atoms with Crippen LogP contribution < -0.4 is 15.0 Å². The number of nitrogens with zero attached hydrogens (tertiary/aromatic N) is 3. The van der Waals surface area contributed by atoms with Gasteiger partial charge in [0, 0.05) is 58.1 Å². The second-order valence-corrected chi connectivity index (χ2v) is 11.2. The number of aliphatic hydroxyl groups is 1. The van der Waals surface area contributed by atoms with Gasteiger partial charge in [0.25, 0.3) is 5.91 Å². The van der Waals surface area contributed by atoms with E-state index in [9.17, 15) is 19.1 Å². The molecule has 0 aliphatic carbocycles. The fourth-order valence-electron chi connectivity index (χ4n) is 4.76. The number of hydrogen-bond acceptors (Lipinski definition) is 6. The van der Waals surface area contributed by atoms with Gasteiger partial charge in [0.15, 0.2) is 0 Å². The molecule has 2 aromatic rings. The van der Waals surface area contributed by atoms with E-state index in [1.807, 2.05) is 58.0 Å². The summed E-state index contributed by atoms with van der Waals surface area (Å²) >= 11 is 0. The van der Waals surface area contributed by atoms with E-state index in [4.69, 9.17) is 9.47 Å². The molecule has 0 saturated heterocycles. The molecule has 1 aliphatic heterocycles. The number of carbonyl (C=O) groups is 2. The molecule has 0 aromatic heterocycles. The molecule has 3 rings (SSSR count). The van der Waals surface area contributed by atoms with E-state index in [1.165, 1.54) is 29.2 Å². The first kappa shape index (κ1) is 32.1. The number of aliphatic hydroxyl groups excluding tert-OH is 1. The Hall–Kier alpha value is -3.37. The van der Waals surface area contributed by atoms with Crippen molar-refractivity contribution in [1.82, 2.24) is 9.80 Å². The second kappa shape index (κ2) is 15.0. The van der Waals surface area contributed by atoms with Crippen molar-refractivity contribution in [3.63, 3.8) is 0 Å². The zero-order chi connectivity index (χ0) is 30.1. The maximum absolute atomic E-state index is 14.1. The Morgan fingerprint density at radius 3 is 2.51 bits per heavy atom. The van der Waals surface area contributed by atoms with Crippen LogP contribution in [0.2, 0.25) is 0 Å². The third kappa shape index (κ3) is 9.06. The van der Waals surface area contributed by atoms with E-state index in [1.54, 1.807) is 11.9 Å². The fourth-order valence-corrected chi connectivity index (χ4v) is 4.76. The Bertz CT molecular complexity index is 1150. The van der Waals surface area contributed by atoms with Crippen molar-refractivity contribution < 1.29 is 28.6 Å². The number of hydrogen-bond donors (Lipinski definition) is 2. The summed E-state index contributed by atoms with van der Waals surface area (Å²) < 4.78 is 25.8. The van der Waals surface area contributed by atoms with Crippen LogP contribution >= 0.6 is 0 Å². The Kier molecular flexibility index (Phi) is 11.8. The molecule has 226 valence electrons. The van der Waals surface area contributed by atoms with Crippen molar-refractivity contribution in [3.8, 4) is 5.75 Å². The highest BCUT2D eigenvalue weighted by molar-refractivity contribution is 5.98. The first-order valence-electron chi connectivity index (χ1n) is 14.3. The number of likely N-dealkylation sites (N-methyl/N-ethyl adjacent to an activating group) is 1. The molecule has 1 aliphatic rings. The lowest BCUT2D eigenvalue weighted by atomic mass is 10.0. The number of anilines is 2. The lowest BCUT2D eigenvalue weighted by Crippen LogP contribution is -2.48. The van der Waals surface area contributed by atoms with Gasteiger partial charge >= 0.3 is 6.03 Å². The van der Waals surface area contributed by atoms with E-state index < -0.39 is 6.04 Å². The maximum atomic E-state index is 14.1. The van der Waals surface area contributed by atoms with E-state index in [0.717, 1.165) is 24.9 Å². The summed E-state index contributed by atoms with van der Waals surface area (Å²) in [4.78, 5) is 32.1. The SMILES string of the molecule is C[C@@H]1CCCCO[C@@H](CN(C)C(=O)Nc2ccc(F)cc2)[C@@H](C)CN([C@H](C)CO)C(=O)c2cc(N(C)C)ccc2O1. The molecule has 0 saturated carbocycles. The van der Waals surface area contributed by atoms with Gasteiger partial charge in [0.1, 0.15) is 11.6 Å². The molecule has 3 amide bonds. The zero-order valence-electron chi connectivity index (χ0n) is 25.1. The summed E-state index contributed by atoms with van der Waals surface area (Å²) in [5.41, 5.74) is 1.80. The summed E-state index contributed by atoms with van der Waals surface area (Å²) in [7, 11) is 5.51. The normalized spacial score (nSPS) is 21.2. The Labute approximate surface area is 243 Å². The van der Waals surface area contributed by atoms with E-state index >= 15 is 0 Å². The predicted octanol–water partition coefficient (Wildman–Crippen LogP) is 4.85. The summed E-state index contributed by atoms with van der Waals surface area (Å²) in [5, 5.41) is 12.9. The van der Waals surface area contributed by atoms with Crippen molar-refractivity contribution in [1.29, 1.82) is 0 Å². The van der Waals surface area contributed by atoms with Gasteiger partial charge in [-0.2, -0.15) is 0 Å². The highest BCUT2D eigenvalue weighted by Gasteiger charge is 2.31. The molecule has 9 nitrogen and oxygen atoms in total. The van der Waals surface area contributed by atoms with Gasteiger partial charge in [-0.05, 0) is 75.6 Å². The molecule has 4 atom stereocenters. The summed E-state index contributed by atoms with van der Waals surface area (Å²) in [6, 6.07) is 10.4. The highest BCUT2D eigenvalue weighted by Crippen LogP contribution is 2.29. The number of amides is 3. The van der Waals surface area contributed by atoms with Crippen molar-refractivity contribution in [3.05, 3.63) is 53.8 Å². The largest absolute Gasteiger partial charge is 0.490 e. The topological polar surface area (TPSA) is 94.6 Å². The van der Waals surface area contributed by atoms with Crippen molar-refractivity contribution >= 4 is 23.3 Å². The number of carbonyl (C=O) groups excluding carboxylic acids is 2. The molecule has 0 radical (unpaired) electrons. The van der Waals surface area contributed by atoms with Crippen molar-refractivity contribution in [2.45, 2.75) is 58.3 Å². The second-order valence-electron chi connectivity index (χ2n) is 11.2. The van der Waals surface area contributed by atoms with Crippen LogP contribution in [0.1, 0.15) is 50.4 Å². The van der Waals surface area contributed by atoms with Gasteiger partial charge in [0.2, 0.25) is 0 Å². The summed E-state index contributed by atoms with van der Waals surface area (Å²) in [6.07, 6.45) is 2.03. The standard InChI is InChI=1S/C31H45FN4O5/c1-21-18-36(22(2)20-37)30(38)27-17-26(34(4)5)14-15-28(27)41-23(3)9-7-8-16-40-29(21)19-35(6)31(39)33-25-12-10-24(32)11-13-25/h10-15,17,21-23,29,37H,7-9,16,18-20H2,1-6H3,(H,33,39)/t21-,22+,23+,29-/m0/s1. The van der Waals surface area contributed by atoms with E-state index in [0.29, 0.717) is 30.2 Å². The average molecular weight is 573 g/mol. The lowest BCUT2D eigenvalue weighted by molar-refractivity contribution is -0.0115. The molecular formula is C31H45FN4O5. The molecule has 0 fully saturated rings. The molecule has 41 heavy (non-hydrogen) atoms. The molecule has 2 aromatic carbocycles. The van der Waals surface area contributed by atoms with Crippen LogP contribution in [0.15, 0.2) is 42.5 Å². The summed E-state index contributed by atoms with van der Waals surface area (Å²) in [5.74, 6) is -0.256. The van der Waals surface area contributed by atoms with Crippen molar-refractivity contribution in [2.75, 3.05) is 57.7 Å². The average Bonchev–Trinajstić information content (AvgIpc) is 2.94. The van der Waals surface area contributed by atoms with Crippen LogP contribution in [0.4, 0.5) is 20.6 Å². The van der Waals surface area contributed by atoms with E-state index in [-0.39, 0.29) is 49.0 Å². The molecular weight excluding hydrogens is 527 g/mol. The quantitative estimate of drug-likeness (QED) is 0.514. The van der Waals surface area contributed by atoms with Gasteiger partial charge < -0.3 is 34.6 Å². The van der Waals surface area contributed by atoms with Gasteiger partial charge in [0.05, 0.1) is 30.4 Å². The Morgan fingerprint density at radius 2 is 1.85 bits per heavy atom. The van der Waals surface area contributed by atoms with E-state index in [2.05, 4.69) is 5.32 Å². The molecule has 1 heterocycles. The van der Waals surface area contributed by atoms with Crippen LogP contribution in [0, 0.1) is 11.7 Å². The molecule has 0 unspecified atom stereocenters. The third-order valence-electron chi connectivity index (χ3n) is 7.45. The van der Waals surface area contributed by atoms with Crippen LogP contribution in [-0.2, 0) is 4.74 Å². The molecule has 0 spiro atoms. The number of rotatable bonds is 6. The van der Waals surface area contributed by atoms with Gasteiger partial charge in [-0.25, -0.2) is 9.18 Å². The monoisotopic (exact) mass is 572 g/mol. The van der Waals surface area contributed by atoms with Gasteiger partial charge in [-0.1, -0.05) is 6.92 Å². The molecule has 0 bridgehead atoms. The first-order chi connectivity index (χ1) is 19.5. The minimum Gasteiger partial charge on any atom is -0.490 e. The van der Waals surface area contributed by atoms with Crippen LogP contribution in [0.3, 0.4) is 0 Å². The highest BCUT2D eigenvalue weighted by atomic mass is 19.1. The first-order valence-corrected chi connectivity index (χ1v) is 14.3. The molecule has 10 heteroatoms. The Morgan fingerprint density at radius 1 is 1.15 bits per heavy atom. The maximum Gasteiger partial charge on any atom is 0.321 e. The number of benzene rings is 2. The summed E-state index contributed by atoms with van der Waals surface area (Å²) in [6.45, 7) is 6.68. The number of ether oxygens (including phenoxy) is 2. The number of nitrogens with one attached hydrogen (secondary N) is 1. The third-order valence-corrected chi connectivity index (χ3v) is 7.45. The predicted molar refractivity (Wildman–Crippen MR) is 159 cm³/mol.